The summed E-state index contributed by atoms with van der Waals surface area (Å²) in [5, 5.41) is 6.99. The number of para-hydroxylation sites is 1. The number of rotatable bonds is 7. The minimum atomic E-state index is 0.0997. The van der Waals surface area contributed by atoms with Crippen LogP contribution in [0.15, 0.2) is 53.9 Å². The van der Waals surface area contributed by atoms with Crippen LogP contribution < -0.4 is 15.8 Å². The molecule has 120 valence electrons. The topological polar surface area (TPSA) is 47.3 Å². The highest BCUT2D eigenvalue weighted by Crippen LogP contribution is 2.26. The Morgan fingerprint density at radius 3 is 2.74 bits per heavy atom. The Hall–Kier alpha value is -1.88. The van der Waals surface area contributed by atoms with Gasteiger partial charge in [-0.2, -0.15) is 0 Å². The molecule has 3 nitrogen and oxygen atoms in total. The first-order chi connectivity index (χ1) is 11.3. The second kappa shape index (κ2) is 7.59. The lowest BCUT2D eigenvalue weighted by Crippen LogP contribution is -2.35. The molecule has 4 heteroatoms. The smallest absolute Gasteiger partial charge is 0.123 e. The van der Waals surface area contributed by atoms with Crippen molar-refractivity contribution in [1.29, 1.82) is 0 Å². The number of benzene rings is 2. The molecule has 23 heavy (non-hydrogen) atoms. The van der Waals surface area contributed by atoms with Crippen molar-refractivity contribution in [2.75, 3.05) is 13.7 Å². The quantitative estimate of drug-likeness (QED) is 0.698. The molecule has 0 radical (unpaired) electrons. The molecule has 3 rings (SSSR count). The number of hydrogen-bond acceptors (Lipinski definition) is 4. The van der Waals surface area contributed by atoms with Crippen molar-refractivity contribution in [3.8, 4) is 5.75 Å². The minimum absolute atomic E-state index is 0.0997. The van der Waals surface area contributed by atoms with Crippen LogP contribution in [-0.2, 0) is 13.0 Å². The Bertz CT molecular complexity index is 769. The fourth-order valence-corrected chi connectivity index (χ4v) is 3.76. The molecule has 0 spiro atoms. The third-order valence-corrected chi connectivity index (χ3v) is 4.97. The zero-order valence-corrected chi connectivity index (χ0v) is 14.1. The molecule has 3 N–H and O–H groups in total. The number of methoxy groups -OCH3 is 1. The van der Waals surface area contributed by atoms with Crippen LogP contribution in [-0.4, -0.2) is 19.7 Å². The molecule has 0 bridgehead atoms. The van der Waals surface area contributed by atoms with E-state index < -0.39 is 0 Å². The van der Waals surface area contributed by atoms with Crippen LogP contribution in [0.2, 0.25) is 0 Å². The fraction of sp³-hybridized carbons (Fsp3) is 0.263. The van der Waals surface area contributed by atoms with E-state index in [9.17, 15) is 0 Å². The Kier molecular flexibility index (Phi) is 5.28. The van der Waals surface area contributed by atoms with E-state index in [1.54, 1.807) is 18.4 Å². The fourth-order valence-electron chi connectivity index (χ4n) is 2.79. The summed E-state index contributed by atoms with van der Waals surface area (Å²) < 4.78 is 6.70. The second-order valence-corrected chi connectivity index (χ2v) is 6.58. The van der Waals surface area contributed by atoms with Crippen molar-refractivity contribution in [3.05, 3.63) is 65.0 Å². The van der Waals surface area contributed by atoms with Gasteiger partial charge in [0.05, 0.1) is 7.11 Å². The Balaban J connectivity index is 1.54. The monoisotopic (exact) mass is 326 g/mol. The third kappa shape index (κ3) is 3.91. The standard InChI is InChI=1S/C19H22N2OS/c1-22-18-8-4-2-6-14(18)11-21-12-16(20)10-15-13-23-19-9-5-3-7-17(15)19/h2-9,13,16,21H,10-12,20H2,1H3. The molecule has 1 heterocycles. The van der Waals surface area contributed by atoms with Crippen LogP contribution in [0.25, 0.3) is 10.1 Å². The van der Waals surface area contributed by atoms with Gasteiger partial charge in [-0.15, -0.1) is 11.3 Å². The summed E-state index contributed by atoms with van der Waals surface area (Å²) in [6.07, 6.45) is 0.892. The minimum Gasteiger partial charge on any atom is -0.496 e. The van der Waals surface area contributed by atoms with E-state index in [1.165, 1.54) is 15.6 Å². The SMILES string of the molecule is COc1ccccc1CNCC(N)Cc1csc2ccccc12. The first-order valence-electron chi connectivity index (χ1n) is 7.81. The zero-order valence-electron chi connectivity index (χ0n) is 13.3. The molecule has 2 aromatic carbocycles. The second-order valence-electron chi connectivity index (χ2n) is 5.66. The summed E-state index contributed by atoms with van der Waals surface area (Å²) in [5.74, 6) is 0.914. The average Bonchev–Trinajstić information content (AvgIpc) is 2.98. The van der Waals surface area contributed by atoms with Crippen molar-refractivity contribution in [2.45, 2.75) is 19.0 Å². The van der Waals surface area contributed by atoms with Crippen LogP contribution >= 0.6 is 11.3 Å². The molecule has 0 aliphatic carbocycles. The van der Waals surface area contributed by atoms with E-state index >= 15 is 0 Å². The molecule has 1 aromatic heterocycles. The van der Waals surface area contributed by atoms with Crippen LogP contribution in [0.5, 0.6) is 5.75 Å². The molecule has 1 unspecified atom stereocenters. The maximum absolute atomic E-state index is 6.30. The number of hydrogen-bond donors (Lipinski definition) is 2. The van der Waals surface area contributed by atoms with Gasteiger partial charge < -0.3 is 15.8 Å². The highest BCUT2D eigenvalue weighted by molar-refractivity contribution is 7.17. The number of nitrogens with two attached hydrogens (primary N) is 1. The highest BCUT2D eigenvalue weighted by Gasteiger charge is 2.09. The molecular formula is C19H22N2OS. The van der Waals surface area contributed by atoms with Crippen molar-refractivity contribution < 1.29 is 4.74 Å². The van der Waals surface area contributed by atoms with Gasteiger partial charge in [0, 0.05) is 29.4 Å². The van der Waals surface area contributed by atoms with Gasteiger partial charge in [-0.1, -0.05) is 36.4 Å². The maximum atomic E-state index is 6.30. The van der Waals surface area contributed by atoms with E-state index in [4.69, 9.17) is 10.5 Å². The normalized spacial score (nSPS) is 12.4. The van der Waals surface area contributed by atoms with Crippen molar-refractivity contribution in [2.24, 2.45) is 5.73 Å². The predicted molar refractivity (Wildman–Crippen MR) is 98.2 cm³/mol. The summed E-state index contributed by atoms with van der Waals surface area (Å²) in [6, 6.07) is 16.7. The highest BCUT2D eigenvalue weighted by atomic mass is 32.1. The van der Waals surface area contributed by atoms with Crippen LogP contribution in [0.4, 0.5) is 0 Å². The lowest BCUT2D eigenvalue weighted by molar-refractivity contribution is 0.407. The van der Waals surface area contributed by atoms with Gasteiger partial charge in [-0.25, -0.2) is 0 Å². The Labute approximate surface area is 141 Å². The summed E-state index contributed by atoms with van der Waals surface area (Å²) >= 11 is 1.79. The molecule has 0 saturated carbocycles. The molecule has 0 saturated heterocycles. The van der Waals surface area contributed by atoms with Crippen LogP contribution in [0.3, 0.4) is 0 Å². The third-order valence-electron chi connectivity index (χ3n) is 3.96. The summed E-state index contributed by atoms with van der Waals surface area (Å²) in [4.78, 5) is 0. The lowest BCUT2D eigenvalue weighted by atomic mass is 10.1. The molecule has 3 aromatic rings. The Morgan fingerprint density at radius 2 is 1.87 bits per heavy atom. The summed E-state index contributed by atoms with van der Waals surface area (Å²) in [7, 11) is 1.70. The average molecular weight is 326 g/mol. The van der Waals surface area contributed by atoms with Gasteiger partial charge >= 0.3 is 0 Å². The molecule has 0 aliphatic rings. The van der Waals surface area contributed by atoms with E-state index in [0.29, 0.717) is 0 Å². The van der Waals surface area contributed by atoms with E-state index in [2.05, 4.69) is 41.0 Å². The van der Waals surface area contributed by atoms with Gasteiger partial charge in [0.2, 0.25) is 0 Å². The van der Waals surface area contributed by atoms with Crippen molar-refractivity contribution >= 4 is 21.4 Å². The van der Waals surface area contributed by atoms with Crippen LogP contribution in [0.1, 0.15) is 11.1 Å². The molecule has 0 aliphatic heterocycles. The molecule has 0 amide bonds. The molecule has 1 atom stereocenters. The van der Waals surface area contributed by atoms with Gasteiger partial charge in [-0.3, -0.25) is 0 Å². The number of thiophene rings is 1. The molecular weight excluding hydrogens is 304 g/mol. The first kappa shape index (κ1) is 16.0. The number of ether oxygens (including phenoxy) is 1. The predicted octanol–water partition coefficient (Wildman–Crippen LogP) is 3.57. The lowest BCUT2D eigenvalue weighted by Gasteiger charge is -2.14. The van der Waals surface area contributed by atoms with E-state index in [1.807, 2.05) is 18.2 Å². The van der Waals surface area contributed by atoms with Gasteiger partial charge in [0.25, 0.3) is 0 Å². The summed E-state index contributed by atoms with van der Waals surface area (Å²) in [6.45, 7) is 1.55. The molecule has 0 fully saturated rings. The number of nitrogens with one attached hydrogen (secondary N) is 1. The van der Waals surface area contributed by atoms with Crippen molar-refractivity contribution in [1.82, 2.24) is 5.32 Å². The number of fused-ring (bicyclic) bond motifs is 1. The van der Waals surface area contributed by atoms with Crippen molar-refractivity contribution in [3.63, 3.8) is 0 Å². The van der Waals surface area contributed by atoms with E-state index in [-0.39, 0.29) is 6.04 Å². The maximum Gasteiger partial charge on any atom is 0.123 e. The van der Waals surface area contributed by atoms with E-state index in [0.717, 1.165) is 30.8 Å². The van der Waals surface area contributed by atoms with Gasteiger partial charge in [-0.05, 0) is 34.9 Å². The Morgan fingerprint density at radius 1 is 1.09 bits per heavy atom. The summed E-state index contributed by atoms with van der Waals surface area (Å²) in [5.41, 5.74) is 8.80. The zero-order chi connectivity index (χ0) is 16.1. The first-order valence-corrected chi connectivity index (χ1v) is 8.69. The van der Waals surface area contributed by atoms with Crippen LogP contribution in [0, 0.1) is 0 Å². The largest absolute Gasteiger partial charge is 0.496 e. The van der Waals surface area contributed by atoms with Gasteiger partial charge in [0.15, 0.2) is 0 Å². The van der Waals surface area contributed by atoms with Gasteiger partial charge in [0.1, 0.15) is 5.75 Å².